The molecule has 1 saturated carbocycles. The van der Waals surface area contributed by atoms with Crippen LogP contribution in [0.2, 0.25) is 0 Å². The Bertz CT molecular complexity index is 770. The van der Waals surface area contributed by atoms with Gasteiger partial charge in [0.05, 0.1) is 6.04 Å². The molecule has 1 heterocycles. The van der Waals surface area contributed by atoms with Crippen molar-refractivity contribution in [3.05, 3.63) is 35.7 Å². The van der Waals surface area contributed by atoms with Crippen LogP contribution in [0.1, 0.15) is 35.5 Å². The topological polar surface area (TPSA) is 68.0 Å². The Morgan fingerprint density at radius 3 is 2.44 bits per heavy atom. The Kier molecular flexibility index (Phi) is 4.21. The molecule has 10 heteroatoms. The minimum atomic E-state index is -4.75. The van der Waals surface area contributed by atoms with Gasteiger partial charge in [0.1, 0.15) is 0 Å². The van der Waals surface area contributed by atoms with Gasteiger partial charge in [0.25, 0.3) is 11.8 Å². The summed E-state index contributed by atoms with van der Waals surface area (Å²) in [6.07, 6.45) is -4.50. The highest BCUT2D eigenvalue weighted by molar-refractivity contribution is 5.94. The summed E-state index contributed by atoms with van der Waals surface area (Å²) in [5, 5.41) is 5.50. The summed E-state index contributed by atoms with van der Waals surface area (Å²) < 4.78 is 68.5. The van der Waals surface area contributed by atoms with Gasteiger partial charge in [-0.3, -0.25) is 4.79 Å². The second-order valence-corrected chi connectivity index (χ2v) is 5.68. The van der Waals surface area contributed by atoms with Gasteiger partial charge in [-0.15, -0.1) is 0 Å². The molecule has 1 amide bonds. The van der Waals surface area contributed by atoms with Gasteiger partial charge in [0, 0.05) is 17.5 Å². The molecule has 1 fully saturated rings. The number of rotatable bonds is 3. The fourth-order valence-electron chi connectivity index (χ4n) is 2.57. The molecule has 134 valence electrons. The van der Waals surface area contributed by atoms with Gasteiger partial charge in [-0.2, -0.15) is 18.2 Å². The van der Waals surface area contributed by atoms with Crippen LogP contribution in [-0.4, -0.2) is 28.0 Å². The molecule has 3 rings (SSSR count). The van der Waals surface area contributed by atoms with Gasteiger partial charge < -0.3 is 9.84 Å². The molecule has 0 aliphatic heterocycles. The molecule has 1 N–H and O–H groups in total. The van der Waals surface area contributed by atoms with E-state index in [0.717, 1.165) is 0 Å². The van der Waals surface area contributed by atoms with Gasteiger partial charge in [-0.1, -0.05) is 17.3 Å². The number of nitrogens with one attached hydrogen (secondary N) is 1. The third kappa shape index (κ3) is 3.62. The standard InChI is InChI=1S/C15H12F5N3O2/c16-14(17)7-1-2-10(14)21-12(24)9-5-3-8(4-6-9)11-22-13(25-23-11)15(18,19)20/h3-6,10H,1-2,7H2,(H,21,24). The van der Waals surface area contributed by atoms with Crippen molar-refractivity contribution in [1.29, 1.82) is 0 Å². The summed E-state index contributed by atoms with van der Waals surface area (Å²) in [5.41, 5.74) is 0.299. The molecule has 1 aliphatic rings. The minimum Gasteiger partial charge on any atom is -0.343 e. The first-order valence-electron chi connectivity index (χ1n) is 7.37. The van der Waals surface area contributed by atoms with Crippen molar-refractivity contribution in [2.24, 2.45) is 0 Å². The summed E-state index contributed by atoms with van der Waals surface area (Å²) in [6, 6.07) is 3.99. The number of carbonyl (C=O) groups excluding carboxylic acids is 1. The number of carbonyl (C=O) groups is 1. The number of halogens is 5. The van der Waals surface area contributed by atoms with Crippen LogP contribution in [0, 0.1) is 0 Å². The number of aromatic nitrogens is 2. The molecular weight excluding hydrogens is 349 g/mol. The van der Waals surface area contributed by atoms with Gasteiger partial charge in [0.2, 0.25) is 5.82 Å². The summed E-state index contributed by atoms with van der Waals surface area (Å²) in [7, 11) is 0. The van der Waals surface area contributed by atoms with Crippen LogP contribution in [0.5, 0.6) is 0 Å². The quantitative estimate of drug-likeness (QED) is 0.847. The van der Waals surface area contributed by atoms with E-state index in [2.05, 4.69) is 20.0 Å². The molecule has 1 aromatic carbocycles. The lowest BCUT2D eigenvalue weighted by atomic mass is 10.1. The first kappa shape index (κ1) is 17.3. The summed E-state index contributed by atoms with van der Waals surface area (Å²) in [6.45, 7) is 0. The lowest BCUT2D eigenvalue weighted by Crippen LogP contribution is -2.43. The SMILES string of the molecule is O=C(NC1CCCC1(F)F)c1ccc(-c2noc(C(F)(F)F)n2)cc1. The number of alkyl halides is 5. The Balaban J connectivity index is 1.72. The molecular formula is C15H12F5N3O2. The van der Waals surface area contributed by atoms with Gasteiger partial charge in [-0.25, -0.2) is 8.78 Å². The van der Waals surface area contributed by atoms with Crippen LogP contribution in [0.3, 0.4) is 0 Å². The first-order chi connectivity index (χ1) is 11.7. The predicted molar refractivity (Wildman–Crippen MR) is 74.8 cm³/mol. The van der Waals surface area contributed by atoms with Crippen molar-refractivity contribution < 1.29 is 31.3 Å². The maximum atomic E-state index is 13.5. The molecule has 1 unspecified atom stereocenters. The van der Waals surface area contributed by atoms with Gasteiger partial charge >= 0.3 is 12.1 Å². The number of benzene rings is 1. The number of hydrogen-bond acceptors (Lipinski definition) is 4. The smallest absolute Gasteiger partial charge is 0.343 e. The minimum absolute atomic E-state index is 0.103. The largest absolute Gasteiger partial charge is 0.471 e. The molecule has 5 nitrogen and oxygen atoms in total. The Morgan fingerprint density at radius 1 is 1.24 bits per heavy atom. The van der Waals surface area contributed by atoms with Crippen LogP contribution in [0.4, 0.5) is 22.0 Å². The molecule has 25 heavy (non-hydrogen) atoms. The maximum Gasteiger partial charge on any atom is 0.471 e. The number of amides is 1. The summed E-state index contributed by atoms with van der Waals surface area (Å²) in [4.78, 5) is 15.3. The van der Waals surface area contributed by atoms with Crippen LogP contribution >= 0.6 is 0 Å². The zero-order valence-electron chi connectivity index (χ0n) is 12.6. The average molecular weight is 361 g/mol. The molecule has 0 saturated heterocycles. The van der Waals surface area contributed by atoms with Crippen molar-refractivity contribution in [2.45, 2.75) is 37.4 Å². The monoisotopic (exact) mass is 361 g/mol. The molecule has 0 radical (unpaired) electrons. The normalized spacial score (nSPS) is 19.8. The van der Waals surface area contributed by atoms with Gasteiger partial charge in [-0.05, 0) is 25.0 Å². The number of hydrogen-bond donors (Lipinski definition) is 1. The molecule has 0 bridgehead atoms. The van der Waals surface area contributed by atoms with E-state index in [9.17, 15) is 26.7 Å². The predicted octanol–water partition coefficient (Wildman–Crippen LogP) is 3.67. The van der Waals surface area contributed by atoms with Crippen LogP contribution in [-0.2, 0) is 6.18 Å². The second-order valence-electron chi connectivity index (χ2n) is 5.68. The van der Waals surface area contributed by atoms with Crippen molar-refractivity contribution >= 4 is 5.91 Å². The van der Waals surface area contributed by atoms with Gasteiger partial charge in [0.15, 0.2) is 0 Å². The molecule has 0 spiro atoms. The highest BCUT2D eigenvalue weighted by Gasteiger charge is 2.44. The van der Waals surface area contributed by atoms with E-state index in [1.807, 2.05) is 0 Å². The van der Waals surface area contributed by atoms with Crippen molar-refractivity contribution in [2.75, 3.05) is 0 Å². The van der Waals surface area contributed by atoms with E-state index in [1.54, 1.807) is 0 Å². The fraction of sp³-hybridized carbons (Fsp3) is 0.400. The molecule has 1 atom stereocenters. The second kappa shape index (κ2) is 6.08. The van der Waals surface area contributed by atoms with Crippen molar-refractivity contribution in [3.63, 3.8) is 0 Å². The zero-order valence-corrected chi connectivity index (χ0v) is 12.6. The third-order valence-electron chi connectivity index (χ3n) is 3.89. The maximum absolute atomic E-state index is 13.5. The Morgan fingerprint density at radius 2 is 1.92 bits per heavy atom. The Hall–Kier alpha value is -2.52. The molecule has 2 aromatic rings. The highest BCUT2D eigenvalue weighted by atomic mass is 19.4. The average Bonchev–Trinajstić information content (AvgIpc) is 3.15. The van der Waals surface area contributed by atoms with Crippen molar-refractivity contribution in [1.82, 2.24) is 15.5 Å². The fourth-order valence-corrected chi connectivity index (χ4v) is 2.57. The van der Waals surface area contributed by atoms with Crippen LogP contribution in [0.25, 0.3) is 11.4 Å². The van der Waals surface area contributed by atoms with Crippen molar-refractivity contribution in [3.8, 4) is 11.4 Å². The van der Waals surface area contributed by atoms with E-state index in [0.29, 0.717) is 6.42 Å². The zero-order chi connectivity index (χ0) is 18.2. The molecule has 1 aromatic heterocycles. The van der Waals surface area contributed by atoms with E-state index in [1.165, 1.54) is 24.3 Å². The third-order valence-corrected chi connectivity index (χ3v) is 3.89. The highest BCUT2D eigenvalue weighted by Crippen LogP contribution is 2.35. The lowest BCUT2D eigenvalue weighted by molar-refractivity contribution is -0.159. The van der Waals surface area contributed by atoms with E-state index in [-0.39, 0.29) is 29.8 Å². The van der Waals surface area contributed by atoms with Crippen LogP contribution < -0.4 is 5.32 Å². The summed E-state index contributed by atoms with van der Waals surface area (Å²) in [5.74, 6) is -5.38. The lowest BCUT2D eigenvalue weighted by Gasteiger charge is -2.20. The van der Waals surface area contributed by atoms with E-state index >= 15 is 0 Å². The summed E-state index contributed by atoms with van der Waals surface area (Å²) >= 11 is 0. The van der Waals surface area contributed by atoms with Crippen LogP contribution in [0.15, 0.2) is 28.8 Å². The van der Waals surface area contributed by atoms with E-state index < -0.39 is 29.9 Å². The Labute approximate surface area is 138 Å². The first-order valence-corrected chi connectivity index (χ1v) is 7.37. The number of nitrogens with zero attached hydrogens (tertiary/aromatic N) is 2. The molecule has 1 aliphatic carbocycles. The van der Waals surface area contributed by atoms with E-state index in [4.69, 9.17) is 0 Å².